The second-order valence-electron chi connectivity index (χ2n) is 9.88. The zero-order valence-electron chi connectivity index (χ0n) is 21.6. The molecule has 8 heteroatoms. The first-order chi connectivity index (χ1) is 18.3. The third kappa shape index (κ3) is 5.31. The van der Waals surface area contributed by atoms with Crippen LogP contribution in [0.25, 0.3) is 11.0 Å². The summed E-state index contributed by atoms with van der Waals surface area (Å²) >= 11 is 0. The molecular formula is C29H35N7O. The van der Waals surface area contributed by atoms with Gasteiger partial charge in [0.15, 0.2) is 5.65 Å². The first-order valence-electron chi connectivity index (χ1n) is 13.4. The van der Waals surface area contributed by atoms with Crippen molar-refractivity contribution in [3.8, 4) is 0 Å². The zero-order chi connectivity index (χ0) is 25.0. The van der Waals surface area contributed by atoms with Gasteiger partial charge in [0.25, 0.3) is 0 Å². The molecule has 0 unspecified atom stereocenters. The molecule has 4 heterocycles. The normalized spacial score (nSPS) is 15.9. The van der Waals surface area contributed by atoms with Gasteiger partial charge in [-0.25, -0.2) is 4.68 Å². The van der Waals surface area contributed by atoms with Crippen LogP contribution in [0.3, 0.4) is 0 Å². The summed E-state index contributed by atoms with van der Waals surface area (Å²) < 4.78 is 7.54. The highest BCUT2D eigenvalue weighted by atomic mass is 16.5. The number of morpholine rings is 1. The Morgan fingerprint density at radius 2 is 1.62 bits per heavy atom. The molecule has 1 saturated heterocycles. The molecule has 2 aliphatic rings. The molecular weight excluding hydrogens is 462 g/mol. The van der Waals surface area contributed by atoms with Gasteiger partial charge in [0.2, 0.25) is 5.95 Å². The average Bonchev–Trinajstić information content (AvgIpc) is 3.29. The fourth-order valence-corrected chi connectivity index (χ4v) is 5.23. The van der Waals surface area contributed by atoms with Gasteiger partial charge in [-0.15, -0.1) is 0 Å². The van der Waals surface area contributed by atoms with E-state index in [0.717, 1.165) is 87.9 Å². The smallest absolute Gasteiger partial charge is 0.226 e. The van der Waals surface area contributed by atoms with Crippen LogP contribution in [0.15, 0.2) is 54.6 Å². The second kappa shape index (κ2) is 10.9. The maximum Gasteiger partial charge on any atom is 0.226 e. The van der Waals surface area contributed by atoms with Crippen LogP contribution in [0.4, 0.5) is 11.8 Å². The minimum Gasteiger partial charge on any atom is -0.379 e. The Kier molecular flexibility index (Phi) is 7.01. The molecule has 8 nitrogen and oxygen atoms in total. The number of aryl methyl sites for hydroxylation is 1. The molecule has 37 heavy (non-hydrogen) atoms. The third-order valence-electron chi connectivity index (χ3n) is 7.36. The summed E-state index contributed by atoms with van der Waals surface area (Å²) in [5, 5.41) is 9.61. The van der Waals surface area contributed by atoms with E-state index in [1.807, 2.05) is 6.07 Å². The number of benzene rings is 2. The minimum absolute atomic E-state index is 0.671. The van der Waals surface area contributed by atoms with Crippen LogP contribution in [0.5, 0.6) is 0 Å². The lowest BCUT2D eigenvalue weighted by atomic mass is 10.1. The molecule has 0 atom stereocenters. The lowest BCUT2D eigenvalue weighted by Crippen LogP contribution is -2.39. The van der Waals surface area contributed by atoms with Crippen molar-refractivity contribution in [3.05, 3.63) is 77.0 Å². The van der Waals surface area contributed by atoms with E-state index in [2.05, 4.69) is 75.3 Å². The molecule has 0 aliphatic carbocycles. The number of aromatic nitrogens is 4. The van der Waals surface area contributed by atoms with Crippen LogP contribution < -0.4 is 10.2 Å². The Labute approximate surface area is 218 Å². The van der Waals surface area contributed by atoms with Gasteiger partial charge in [-0.3, -0.25) is 4.90 Å². The molecule has 0 saturated carbocycles. The van der Waals surface area contributed by atoms with E-state index >= 15 is 0 Å². The third-order valence-corrected chi connectivity index (χ3v) is 7.36. The van der Waals surface area contributed by atoms with E-state index < -0.39 is 0 Å². The number of hydrogen-bond donors (Lipinski definition) is 1. The molecule has 4 aromatic rings. The quantitative estimate of drug-likeness (QED) is 0.378. The lowest BCUT2D eigenvalue weighted by Gasteiger charge is -2.28. The fourth-order valence-electron chi connectivity index (χ4n) is 5.23. The summed E-state index contributed by atoms with van der Waals surface area (Å²) in [6, 6.07) is 19.4. The molecule has 0 bridgehead atoms. The van der Waals surface area contributed by atoms with E-state index in [0.29, 0.717) is 12.5 Å². The van der Waals surface area contributed by atoms with Crippen molar-refractivity contribution in [2.45, 2.75) is 32.9 Å². The van der Waals surface area contributed by atoms with Crippen molar-refractivity contribution >= 4 is 22.8 Å². The summed E-state index contributed by atoms with van der Waals surface area (Å²) in [6.45, 7) is 9.92. The summed E-state index contributed by atoms with van der Waals surface area (Å²) in [4.78, 5) is 14.9. The molecule has 0 radical (unpaired) electrons. The van der Waals surface area contributed by atoms with Crippen molar-refractivity contribution < 1.29 is 4.74 Å². The Balaban J connectivity index is 1.31. The van der Waals surface area contributed by atoms with Gasteiger partial charge in [0, 0.05) is 45.7 Å². The van der Waals surface area contributed by atoms with Crippen molar-refractivity contribution in [1.29, 1.82) is 0 Å². The minimum atomic E-state index is 0.671. The van der Waals surface area contributed by atoms with Crippen LogP contribution in [0.1, 0.15) is 29.3 Å². The number of nitrogens with one attached hydrogen (secondary N) is 1. The van der Waals surface area contributed by atoms with Gasteiger partial charge in [-0.1, -0.05) is 61.5 Å². The molecule has 0 amide bonds. The first-order valence-corrected chi connectivity index (χ1v) is 13.4. The van der Waals surface area contributed by atoms with Crippen LogP contribution in [0.2, 0.25) is 0 Å². The number of nitrogens with zero attached hydrogens (tertiary/aromatic N) is 6. The highest BCUT2D eigenvalue weighted by molar-refractivity contribution is 5.92. The lowest BCUT2D eigenvalue weighted by molar-refractivity contribution is 0.0398. The Morgan fingerprint density at radius 3 is 2.41 bits per heavy atom. The Hall–Kier alpha value is -3.49. The fraction of sp³-hybridized carbons (Fsp3) is 0.414. The van der Waals surface area contributed by atoms with Gasteiger partial charge in [-0.2, -0.15) is 15.1 Å². The molecule has 2 aliphatic heterocycles. The number of hydrogen-bond acceptors (Lipinski definition) is 7. The Morgan fingerprint density at radius 1 is 0.865 bits per heavy atom. The van der Waals surface area contributed by atoms with Crippen molar-refractivity contribution in [1.82, 2.24) is 24.6 Å². The van der Waals surface area contributed by atoms with E-state index in [1.54, 1.807) is 0 Å². The van der Waals surface area contributed by atoms with Gasteiger partial charge in [0.05, 0.1) is 30.8 Å². The van der Waals surface area contributed by atoms with Crippen LogP contribution in [0, 0.1) is 0 Å². The maximum absolute atomic E-state index is 5.49. The van der Waals surface area contributed by atoms with E-state index in [-0.39, 0.29) is 0 Å². The largest absolute Gasteiger partial charge is 0.379 e. The molecule has 192 valence electrons. The maximum atomic E-state index is 5.49. The summed E-state index contributed by atoms with van der Waals surface area (Å²) in [6.07, 6.45) is 1.95. The molecule has 2 aromatic carbocycles. The van der Waals surface area contributed by atoms with Crippen molar-refractivity contribution in [2.75, 3.05) is 56.2 Å². The van der Waals surface area contributed by atoms with Crippen LogP contribution in [-0.2, 0) is 30.7 Å². The monoisotopic (exact) mass is 497 g/mol. The molecule has 1 fully saturated rings. The van der Waals surface area contributed by atoms with Crippen molar-refractivity contribution in [3.63, 3.8) is 0 Å². The zero-order valence-corrected chi connectivity index (χ0v) is 21.6. The highest BCUT2D eigenvalue weighted by Crippen LogP contribution is 2.34. The van der Waals surface area contributed by atoms with Gasteiger partial charge < -0.3 is 15.0 Å². The molecule has 6 rings (SSSR count). The summed E-state index contributed by atoms with van der Waals surface area (Å²) in [7, 11) is 0. The predicted molar refractivity (Wildman–Crippen MR) is 147 cm³/mol. The van der Waals surface area contributed by atoms with Crippen LogP contribution in [-0.4, -0.2) is 70.6 Å². The summed E-state index contributed by atoms with van der Waals surface area (Å²) in [5.41, 5.74) is 5.88. The highest BCUT2D eigenvalue weighted by Gasteiger charge is 2.27. The molecule has 0 spiro atoms. The van der Waals surface area contributed by atoms with Gasteiger partial charge in [-0.05, 0) is 23.1 Å². The van der Waals surface area contributed by atoms with Crippen molar-refractivity contribution in [2.24, 2.45) is 0 Å². The standard InChI is InChI=1S/C29H35N7O/c1-2-22-8-10-24(11-9-22)20-35-14-12-25-26-27(35)31-29(30-13-15-34-16-18-37-19-17-34)32-28(26)36(33-25)21-23-6-4-3-5-7-23/h3-11H,2,12-21H2,1H3,(H,30,31,32). The molecule has 2 aromatic heterocycles. The van der Waals surface area contributed by atoms with Gasteiger partial charge >= 0.3 is 0 Å². The summed E-state index contributed by atoms with van der Waals surface area (Å²) in [5.74, 6) is 1.66. The average molecular weight is 498 g/mol. The molecule has 1 N–H and O–H groups in total. The first kappa shape index (κ1) is 23.9. The van der Waals surface area contributed by atoms with E-state index in [4.69, 9.17) is 19.8 Å². The van der Waals surface area contributed by atoms with E-state index in [9.17, 15) is 0 Å². The van der Waals surface area contributed by atoms with Gasteiger partial charge in [0.1, 0.15) is 5.82 Å². The SMILES string of the molecule is CCc1ccc(CN2CCc3nn(Cc4ccccc4)c4nc(NCCN5CCOCC5)nc2c34)cc1. The number of anilines is 2. The topological polar surface area (TPSA) is 71.3 Å². The number of ether oxygens (including phenoxy) is 1. The van der Waals surface area contributed by atoms with Crippen LogP contribution >= 0.6 is 0 Å². The number of rotatable bonds is 9. The second-order valence-corrected chi connectivity index (χ2v) is 9.88. The Bertz CT molecular complexity index is 1330. The van der Waals surface area contributed by atoms with E-state index in [1.165, 1.54) is 16.7 Å². The predicted octanol–water partition coefficient (Wildman–Crippen LogP) is 3.74.